The van der Waals surface area contributed by atoms with Gasteiger partial charge in [0.25, 0.3) is 0 Å². The maximum Gasteiger partial charge on any atom is 0.309 e. The fourth-order valence-electron chi connectivity index (χ4n) is 2.92. The van der Waals surface area contributed by atoms with E-state index in [9.17, 15) is 9.59 Å². The lowest BCUT2D eigenvalue weighted by Crippen LogP contribution is -2.41. The summed E-state index contributed by atoms with van der Waals surface area (Å²) in [5, 5.41) is 0. The molecule has 1 aliphatic carbocycles. The van der Waals surface area contributed by atoms with Crippen molar-refractivity contribution in [3.63, 3.8) is 0 Å². The number of hydrogen-bond acceptors (Lipinski definition) is 4. The third kappa shape index (κ3) is 4.03. The van der Waals surface area contributed by atoms with Crippen molar-refractivity contribution in [1.29, 1.82) is 0 Å². The number of amides is 1. The number of hydrogen-bond donors (Lipinski definition) is 0. The van der Waals surface area contributed by atoms with Crippen LogP contribution in [0.25, 0.3) is 0 Å². The number of carbonyl (C=O) groups excluding carboxylic acids is 2. The predicted octanol–water partition coefficient (Wildman–Crippen LogP) is 2.39. The fraction of sp³-hybridized carbons (Fsp3) is 0.556. The lowest BCUT2D eigenvalue weighted by atomic mass is 9.96. The summed E-state index contributed by atoms with van der Waals surface area (Å²) in [6.45, 7) is 1.64. The first-order valence-electron chi connectivity index (χ1n) is 8.25. The second-order valence-corrected chi connectivity index (χ2v) is 6.33. The number of benzene rings is 1. The van der Waals surface area contributed by atoms with Gasteiger partial charge in [-0.1, -0.05) is 12.1 Å². The van der Waals surface area contributed by atoms with Gasteiger partial charge in [-0.2, -0.15) is 0 Å². The molecule has 1 amide bonds. The SMILES string of the molecule is COc1ccc(COC(=O)C2CCN(C(=O)C3CC3)CC2)cc1. The van der Waals surface area contributed by atoms with Gasteiger partial charge in [-0.05, 0) is 43.4 Å². The Morgan fingerprint density at radius 1 is 1.04 bits per heavy atom. The molecule has 1 saturated heterocycles. The molecule has 1 aromatic rings. The molecule has 0 N–H and O–H groups in total. The summed E-state index contributed by atoms with van der Waals surface area (Å²) in [5.74, 6) is 1.08. The predicted molar refractivity (Wildman–Crippen MR) is 84.8 cm³/mol. The van der Waals surface area contributed by atoms with E-state index in [2.05, 4.69) is 0 Å². The largest absolute Gasteiger partial charge is 0.497 e. The van der Waals surface area contributed by atoms with Gasteiger partial charge in [-0.15, -0.1) is 0 Å². The van der Waals surface area contributed by atoms with Crippen LogP contribution in [0.5, 0.6) is 5.75 Å². The second-order valence-electron chi connectivity index (χ2n) is 6.33. The van der Waals surface area contributed by atoms with E-state index in [0.717, 1.165) is 24.2 Å². The van der Waals surface area contributed by atoms with Gasteiger partial charge in [-0.3, -0.25) is 9.59 Å². The lowest BCUT2D eigenvalue weighted by Gasteiger charge is -2.31. The first-order valence-corrected chi connectivity index (χ1v) is 8.25. The summed E-state index contributed by atoms with van der Waals surface area (Å²) in [4.78, 5) is 26.1. The molecular formula is C18H23NO4. The normalized spacial score (nSPS) is 18.6. The number of likely N-dealkylation sites (tertiary alicyclic amines) is 1. The van der Waals surface area contributed by atoms with Crippen LogP contribution in [0.3, 0.4) is 0 Å². The molecule has 1 aromatic carbocycles. The summed E-state index contributed by atoms with van der Waals surface area (Å²) in [6, 6.07) is 7.49. The van der Waals surface area contributed by atoms with Gasteiger partial charge in [-0.25, -0.2) is 0 Å². The van der Waals surface area contributed by atoms with Gasteiger partial charge in [0.1, 0.15) is 12.4 Å². The van der Waals surface area contributed by atoms with E-state index < -0.39 is 0 Å². The van der Waals surface area contributed by atoms with E-state index in [4.69, 9.17) is 9.47 Å². The number of carbonyl (C=O) groups is 2. The highest BCUT2D eigenvalue weighted by Gasteiger charge is 2.36. The quantitative estimate of drug-likeness (QED) is 0.783. The highest BCUT2D eigenvalue weighted by molar-refractivity contribution is 5.81. The van der Waals surface area contributed by atoms with Crippen molar-refractivity contribution in [2.24, 2.45) is 11.8 Å². The molecule has 124 valence electrons. The number of nitrogens with zero attached hydrogens (tertiary/aromatic N) is 1. The summed E-state index contributed by atoms with van der Waals surface area (Å²) in [5.41, 5.74) is 0.945. The van der Waals surface area contributed by atoms with Crippen LogP contribution in [0.15, 0.2) is 24.3 Å². The molecule has 0 unspecified atom stereocenters. The van der Waals surface area contributed by atoms with Gasteiger partial charge in [0.05, 0.1) is 13.0 Å². The Labute approximate surface area is 136 Å². The van der Waals surface area contributed by atoms with Gasteiger partial charge < -0.3 is 14.4 Å². The molecule has 0 atom stereocenters. The van der Waals surface area contributed by atoms with Crippen molar-refractivity contribution < 1.29 is 19.1 Å². The van der Waals surface area contributed by atoms with Crippen molar-refractivity contribution in [3.05, 3.63) is 29.8 Å². The Kier molecular flexibility index (Phi) is 4.84. The Hall–Kier alpha value is -2.04. The Morgan fingerprint density at radius 2 is 1.70 bits per heavy atom. The van der Waals surface area contributed by atoms with Crippen molar-refractivity contribution in [1.82, 2.24) is 4.90 Å². The number of ether oxygens (including phenoxy) is 2. The van der Waals surface area contributed by atoms with Crippen LogP contribution in [0.2, 0.25) is 0 Å². The molecule has 1 aliphatic heterocycles. The number of methoxy groups -OCH3 is 1. The standard InChI is InChI=1S/C18H23NO4/c1-22-16-6-2-13(3-7-16)12-23-18(21)15-8-10-19(11-9-15)17(20)14-4-5-14/h2-3,6-7,14-15H,4-5,8-12H2,1H3. The molecule has 0 spiro atoms. The molecule has 2 aliphatic rings. The lowest BCUT2D eigenvalue weighted by molar-refractivity contribution is -0.153. The van der Waals surface area contributed by atoms with Crippen LogP contribution in [0.1, 0.15) is 31.2 Å². The molecular weight excluding hydrogens is 294 g/mol. The third-order valence-electron chi connectivity index (χ3n) is 4.61. The third-order valence-corrected chi connectivity index (χ3v) is 4.61. The van der Waals surface area contributed by atoms with Crippen LogP contribution >= 0.6 is 0 Å². The zero-order valence-corrected chi connectivity index (χ0v) is 13.5. The molecule has 1 heterocycles. The van der Waals surface area contributed by atoms with Gasteiger partial charge >= 0.3 is 5.97 Å². The summed E-state index contributed by atoms with van der Waals surface area (Å²) in [7, 11) is 1.62. The molecule has 2 fully saturated rings. The average Bonchev–Trinajstić information content (AvgIpc) is 3.44. The number of rotatable bonds is 5. The highest BCUT2D eigenvalue weighted by atomic mass is 16.5. The van der Waals surface area contributed by atoms with Gasteiger partial charge in [0.2, 0.25) is 5.91 Å². The zero-order valence-electron chi connectivity index (χ0n) is 13.5. The smallest absolute Gasteiger partial charge is 0.309 e. The van der Waals surface area contributed by atoms with Crippen LogP contribution < -0.4 is 4.74 Å². The average molecular weight is 317 g/mol. The summed E-state index contributed by atoms with van der Waals surface area (Å²) < 4.78 is 10.5. The van der Waals surface area contributed by atoms with E-state index in [0.29, 0.717) is 25.9 Å². The van der Waals surface area contributed by atoms with E-state index in [1.165, 1.54) is 0 Å². The summed E-state index contributed by atoms with van der Waals surface area (Å²) >= 11 is 0. The fourth-order valence-corrected chi connectivity index (χ4v) is 2.92. The van der Waals surface area contributed by atoms with Crippen LogP contribution in [-0.2, 0) is 20.9 Å². The van der Waals surface area contributed by atoms with E-state index in [-0.39, 0.29) is 30.3 Å². The van der Waals surface area contributed by atoms with Crippen molar-refractivity contribution >= 4 is 11.9 Å². The molecule has 5 heteroatoms. The van der Waals surface area contributed by atoms with Crippen molar-refractivity contribution in [2.45, 2.75) is 32.3 Å². The Bertz CT molecular complexity index is 557. The highest BCUT2D eigenvalue weighted by Crippen LogP contribution is 2.32. The van der Waals surface area contributed by atoms with Crippen LogP contribution in [-0.4, -0.2) is 37.0 Å². The molecule has 23 heavy (non-hydrogen) atoms. The maximum absolute atomic E-state index is 12.2. The number of esters is 1. The second kappa shape index (κ2) is 7.02. The number of piperidine rings is 1. The first-order chi connectivity index (χ1) is 11.2. The van der Waals surface area contributed by atoms with Crippen molar-refractivity contribution in [2.75, 3.05) is 20.2 Å². The molecule has 0 bridgehead atoms. The van der Waals surface area contributed by atoms with E-state index >= 15 is 0 Å². The zero-order chi connectivity index (χ0) is 16.2. The Balaban J connectivity index is 1.42. The summed E-state index contributed by atoms with van der Waals surface area (Å²) in [6.07, 6.45) is 3.48. The molecule has 0 radical (unpaired) electrons. The molecule has 3 rings (SSSR count). The van der Waals surface area contributed by atoms with Gasteiger partial charge in [0, 0.05) is 19.0 Å². The maximum atomic E-state index is 12.2. The minimum absolute atomic E-state index is 0.0866. The topological polar surface area (TPSA) is 55.8 Å². The van der Waals surface area contributed by atoms with Gasteiger partial charge in [0.15, 0.2) is 0 Å². The molecule has 0 aromatic heterocycles. The minimum atomic E-state index is -0.153. The van der Waals surface area contributed by atoms with Crippen molar-refractivity contribution in [3.8, 4) is 5.75 Å². The van der Waals surface area contributed by atoms with E-state index in [1.54, 1.807) is 7.11 Å². The minimum Gasteiger partial charge on any atom is -0.497 e. The first kappa shape index (κ1) is 15.8. The van der Waals surface area contributed by atoms with Crippen LogP contribution in [0, 0.1) is 11.8 Å². The monoisotopic (exact) mass is 317 g/mol. The van der Waals surface area contributed by atoms with E-state index in [1.807, 2.05) is 29.2 Å². The van der Waals surface area contributed by atoms with Crippen LogP contribution in [0.4, 0.5) is 0 Å². The molecule has 1 saturated carbocycles. The Morgan fingerprint density at radius 3 is 2.26 bits per heavy atom. The molecule has 5 nitrogen and oxygen atoms in total.